The fourth-order valence-corrected chi connectivity index (χ4v) is 2.96. The van der Waals surface area contributed by atoms with E-state index in [0.29, 0.717) is 10.8 Å². The van der Waals surface area contributed by atoms with Gasteiger partial charge in [-0.25, -0.2) is 4.98 Å². The molecule has 0 unspecified atom stereocenters. The van der Waals surface area contributed by atoms with Crippen molar-refractivity contribution in [2.75, 3.05) is 5.43 Å². The predicted octanol–water partition coefficient (Wildman–Crippen LogP) is 5.50. The first-order valence-electron chi connectivity index (χ1n) is 8.29. The highest BCUT2D eigenvalue weighted by molar-refractivity contribution is 6.31. The Balaban J connectivity index is 1.68. The molecule has 4 aromatic rings. The van der Waals surface area contributed by atoms with E-state index < -0.39 is 4.92 Å². The first kappa shape index (κ1) is 17.7. The number of rotatable bonds is 5. The van der Waals surface area contributed by atoms with E-state index in [1.54, 1.807) is 6.07 Å². The summed E-state index contributed by atoms with van der Waals surface area (Å²) in [6.07, 6.45) is 1.35. The summed E-state index contributed by atoms with van der Waals surface area (Å²) in [6, 6.07) is 20.0. The van der Waals surface area contributed by atoms with E-state index in [-0.39, 0.29) is 11.6 Å². The van der Waals surface area contributed by atoms with E-state index in [0.717, 1.165) is 22.0 Å². The summed E-state index contributed by atoms with van der Waals surface area (Å²) >= 11 is 6.17. The van der Waals surface area contributed by atoms with Crippen molar-refractivity contribution in [1.29, 1.82) is 0 Å². The third-order valence-corrected chi connectivity index (χ3v) is 4.25. The molecule has 0 saturated carbocycles. The molecule has 1 N–H and O–H groups in total. The van der Waals surface area contributed by atoms with Crippen LogP contribution in [0.1, 0.15) is 5.76 Å². The van der Waals surface area contributed by atoms with Gasteiger partial charge in [-0.15, -0.1) is 0 Å². The number of fused-ring (bicyclic) bond motifs is 1. The zero-order chi connectivity index (χ0) is 19.5. The van der Waals surface area contributed by atoms with Gasteiger partial charge in [-0.3, -0.25) is 15.5 Å². The number of furan rings is 1. The van der Waals surface area contributed by atoms with Gasteiger partial charge in [0.05, 0.1) is 17.8 Å². The van der Waals surface area contributed by atoms with Gasteiger partial charge in [0, 0.05) is 10.4 Å². The van der Waals surface area contributed by atoms with Crippen LogP contribution in [0.4, 0.5) is 11.7 Å². The second-order valence-electron chi connectivity index (χ2n) is 5.89. The number of aromatic nitrogens is 1. The standard InChI is InChI=1S/C20H13ClN4O3/c21-14-6-8-18-17(10-14)16(13-4-2-1-3-5-13)11-19(23-18)24-22-12-15-7-9-20(28-15)25(26)27/h1-12H,(H,23,24). The maximum atomic E-state index is 10.7. The minimum Gasteiger partial charge on any atom is -0.400 e. The summed E-state index contributed by atoms with van der Waals surface area (Å²) < 4.78 is 5.04. The zero-order valence-electron chi connectivity index (χ0n) is 14.4. The number of nitrogens with zero attached hydrogens (tertiary/aromatic N) is 3. The predicted molar refractivity (Wildman–Crippen MR) is 109 cm³/mol. The largest absolute Gasteiger partial charge is 0.433 e. The first-order valence-corrected chi connectivity index (χ1v) is 8.67. The van der Waals surface area contributed by atoms with Crippen LogP contribution in [0.5, 0.6) is 0 Å². The van der Waals surface area contributed by atoms with Crippen molar-refractivity contribution in [2.45, 2.75) is 0 Å². The Morgan fingerprint density at radius 2 is 1.93 bits per heavy atom. The van der Waals surface area contributed by atoms with Crippen molar-refractivity contribution in [1.82, 2.24) is 4.98 Å². The van der Waals surface area contributed by atoms with E-state index in [1.165, 1.54) is 18.3 Å². The van der Waals surface area contributed by atoms with Crippen LogP contribution >= 0.6 is 11.6 Å². The van der Waals surface area contributed by atoms with Gasteiger partial charge in [0.2, 0.25) is 0 Å². The molecule has 0 bridgehead atoms. The van der Waals surface area contributed by atoms with Crippen LogP contribution in [0, 0.1) is 10.1 Å². The van der Waals surface area contributed by atoms with Gasteiger partial charge < -0.3 is 4.42 Å². The van der Waals surface area contributed by atoms with Gasteiger partial charge in [-0.05, 0) is 41.5 Å². The Morgan fingerprint density at radius 3 is 2.68 bits per heavy atom. The molecule has 0 radical (unpaired) electrons. The number of halogens is 1. The van der Waals surface area contributed by atoms with E-state index in [9.17, 15) is 10.1 Å². The minimum absolute atomic E-state index is 0.259. The van der Waals surface area contributed by atoms with E-state index in [2.05, 4.69) is 15.5 Å². The lowest BCUT2D eigenvalue weighted by Gasteiger charge is -2.10. The lowest BCUT2D eigenvalue weighted by atomic mass is 10.0. The highest BCUT2D eigenvalue weighted by atomic mass is 35.5. The number of nitrogens with one attached hydrogen (secondary N) is 1. The number of pyridine rings is 1. The summed E-state index contributed by atoms with van der Waals surface area (Å²) in [4.78, 5) is 14.6. The molecular weight excluding hydrogens is 380 g/mol. The van der Waals surface area contributed by atoms with Crippen LogP contribution in [0.2, 0.25) is 5.02 Å². The summed E-state index contributed by atoms with van der Waals surface area (Å²) in [6.45, 7) is 0. The Bertz CT molecular complexity index is 1190. The molecule has 0 amide bonds. The van der Waals surface area contributed by atoms with Crippen molar-refractivity contribution in [2.24, 2.45) is 5.10 Å². The van der Waals surface area contributed by atoms with Crippen LogP contribution < -0.4 is 5.43 Å². The summed E-state index contributed by atoms with van der Waals surface area (Å²) in [5.41, 5.74) is 5.58. The molecule has 7 nitrogen and oxygen atoms in total. The Kier molecular flexibility index (Phi) is 4.74. The second kappa shape index (κ2) is 7.50. The van der Waals surface area contributed by atoms with E-state index in [1.807, 2.05) is 48.5 Å². The average Bonchev–Trinajstić information content (AvgIpc) is 3.18. The lowest BCUT2D eigenvalue weighted by Crippen LogP contribution is -1.95. The summed E-state index contributed by atoms with van der Waals surface area (Å²) in [7, 11) is 0. The zero-order valence-corrected chi connectivity index (χ0v) is 15.1. The van der Waals surface area contributed by atoms with E-state index in [4.69, 9.17) is 16.0 Å². The number of anilines is 1. The first-order chi connectivity index (χ1) is 13.6. The molecule has 0 saturated heterocycles. The molecule has 4 rings (SSSR count). The van der Waals surface area contributed by atoms with Crippen LogP contribution in [-0.4, -0.2) is 16.1 Å². The molecule has 0 aliphatic carbocycles. The topological polar surface area (TPSA) is 93.6 Å². The molecular formula is C20H13ClN4O3. The molecule has 0 aliphatic rings. The molecule has 0 atom stereocenters. The van der Waals surface area contributed by atoms with Crippen LogP contribution in [0.25, 0.3) is 22.0 Å². The molecule has 2 aromatic carbocycles. The number of hydrogen-bond donors (Lipinski definition) is 1. The summed E-state index contributed by atoms with van der Waals surface area (Å²) in [5.74, 6) is 0.439. The van der Waals surface area contributed by atoms with Crippen molar-refractivity contribution < 1.29 is 9.34 Å². The van der Waals surface area contributed by atoms with Gasteiger partial charge in [0.1, 0.15) is 10.7 Å². The molecule has 2 heterocycles. The maximum absolute atomic E-state index is 10.7. The van der Waals surface area contributed by atoms with E-state index >= 15 is 0 Å². The van der Waals surface area contributed by atoms with Gasteiger partial charge in [-0.2, -0.15) is 5.10 Å². The van der Waals surface area contributed by atoms with Crippen LogP contribution in [-0.2, 0) is 0 Å². The van der Waals surface area contributed by atoms with Crippen molar-refractivity contribution in [3.63, 3.8) is 0 Å². The number of nitro groups is 1. The SMILES string of the molecule is O=[N+]([O-])c1ccc(C=NNc2cc(-c3ccccc3)c3cc(Cl)ccc3n2)o1. The normalized spacial score (nSPS) is 11.2. The lowest BCUT2D eigenvalue weighted by molar-refractivity contribution is -0.402. The van der Waals surface area contributed by atoms with Crippen molar-refractivity contribution in [3.05, 3.63) is 87.6 Å². The van der Waals surface area contributed by atoms with Gasteiger partial charge >= 0.3 is 5.88 Å². The molecule has 138 valence electrons. The van der Waals surface area contributed by atoms with Crippen molar-refractivity contribution >= 4 is 40.4 Å². The second-order valence-corrected chi connectivity index (χ2v) is 6.32. The Labute approximate surface area is 164 Å². The monoisotopic (exact) mass is 392 g/mol. The maximum Gasteiger partial charge on any atom is 0.433 e. The van der Waals surface area contributed by atoms with Crippen LogP contribution in [0.3, 0.4) is 0 Å². The third kappa shape index (κ3) is 3.70. The Morgan fingerprint density at radius 1 is 1.11 bits per heavy atom. The highest BCUT2D eigenvalue weighted by Gasteiger charge is 2.11. The number of hydrogen-bond acceptors (Lipinski definition) is 6. The molecule has 28 heavy (non-hydrogen) atoms. The van der Waals surface area contributed by atoms with Gasteiger partial charge in [0.25, 0.3) is 0 Å². The molecule has 0 spiro atoms. The minimum atomic E-state index is -0.604. The molecule has 0 aliphatic heterocycles. The van der Waals surface area contributed by atoms with Gasteiger partial charge in [0.15, 0.2) is 5.76 Å². The average molecular weight is 393 g/mol. The van der Waals surface area contributed by atoms with Crippen molar-refractivity contribution in [3.8, 4) is 11.1 Å². The number of benzene rings is 2. The smallest absolute Gasteiger partial charge is 0.400 e. The molecule has 0 fully saturated rings. The number of hydrazone groups is 1. The molecule has 2 aromatic heterocycles. The fraction of sp³-hybridized carbons (Fsp3) is 0. The highest BCUT2D eigenvalue weighted by Crippen LogP contribution is 2.31. The summed E-state index contributed by atoms with van der Waals surface area (Å²) in [5, 5.41) is 16.3. The third-order valence-electron chi connectivity index (χ3n) is 4.02. The fourth-order valence-electron chi connectivity index (χ4n) is 2.78. The quantitative estimate of drug-likeness (QED) is 0.275. The van der Waals surface area contributed by atoms with Crippen LogP contribution in [0.15, 0.2) is 76.2 Å². The van der Waals surface area contributed by atoms with Gasteiger partial charge in [-0.1, -0.05) is 41.9 Å². The Hall–Kier alpha value is -3.71. The molecule has 8 heteroatoms.